The number of thiazole rings is 1. The number of nitrogens with zero attached hydrogens (tertiary/aromatic N) is 5. The second-order valence-corrected chi connectivity index (χ2v) is 10.5. The molecule has 4 aromatic heterocycles. The van der Waals surface area contributed by atoms with Gasteiger partial charge in [0.15, 0.2) is 5.69 Å². The zero-order valence-electron chi connectivity index (χ0n) is 24.2. The van der Waals surface area contributed by atoms with E-state index in [0.717, 1.165) is 24.4 Å². The van der Waals surface area contributed by atoms with Crippen LogP contribution in [0.2, 0.25) is 0 Å². The molecule has 0 unspecified atom stereocenters. The number of ether oxygens (including phenoxy) is 1. The minimum Gasteiger partial charge on any atom is -0.388 e. The highest BCUT2D eigenvalue weighted by Crippen LogP contribution is 2.41. The summed E-state index contributed by atoms with van der Waals surface area (Å²) in [6, 6.07) is 2.54. The van der Waals surface area contributed by atoms with Gasteiger partial charge in [0.05, 0.1) is 23.7 Å². The van der Waals surface area contributed by atoms with E-state index in [1.54, 1.807) is 13.0 Å². The summed E-state index contributed by atoms with van der Waals surface area (Å²) in [5, 5.41) is 14.3. The molecule has 5 rings (SSSR count). The first-order chi connectivity index (χ1) is 20.7. The second kappa shape index (κ2) is 17.6. The molecule has 0 aliphatic carbocycles. The number of hydrogen-bond donors (Lipinski definition) is 4. The fraction of sp³-hybridized carbons (Fsp3) is 0.385. The number of carbonyl (C=O) groups is 1. The first-order valence-electron chi connectivity index (χ1n) is 13.4. The molecule has 0 bridgehead atoms. The number of hydrogen-bond acceptors (Lipinski definition) is 11. The Morgan fingerprint density at radius 3 is 2.50 bits per heavy atom. The lowest BCUT2D eigenvalue weighted by atomic mass is 10.0. The number of aromatic nitrogens is 5. The number of amides is 2. The molecule has 1 aliphatic heterocycles. The Labute approximate surface area is 283 Å². The van der Waals surface area contributed by atoms with Gasteiger partial charge in [0.2, 0.25) is 0 Å². The van der Waals surface area contributed by atoms with Crippen molar-refractivity contribution in [1.82, 2.24) is 40.7 Å². The standard InChI is InChI=1S/C26H28F3N9O4S.3ClH/c1-2-32-24(39)34-20-10-17(18(13-33-20)15-9-16(12-31-11-15)22-36-37-25(40)42-22)23-35-21(26(27,28)29)19(43-23)14-30-3-4-38-5-7-41-8-6-38;;;/h9-13,30H,2-8,14H2,1H3,(H,37,40)(H2,32,33,34,39);3*1H. The summed E-state index contributed by atoms with van der Waals surface area (Å²) in [6.07, 6.45) is -0.373. The van der Waals surface area contributed by atoms with Gasteiger partial charge in [-0.3, -0.25) is 15.2 Å². The van der Waals surface area contributed by atoms with Crippen LogP contribution in [0.25, 0.3) is 33.2 Å². The normalized spacial score (nSPS) is 13.2. The maximum atomic E-state index is 14.1. The predicted molar refractivity (Wildman–Crippen MR) is 173 cm³/mol. The zero-order chi connectivity index (χ0) is 30.4. The first kappa shape index (κ1) is 38.9. The number of rotatable bonds is 10. The summed E-state index contributed by atoms with van der Waals surface area (Å²) in [4.78, 5) is 38.3. The van der Waals surface area contributed by atoms with Crippen molar-refractivity contribution >= 4 is 60.4 Å². The van der Waals surface area contributed by atoms with Crippen LogP contribution in [0.1, 0.15) is 17.5 Å². The smallest absolute Gasteiger partial charge is 0.388 e. The quantitative estimate of drug-likeness (QED) is 0.172. The summed E-state index contributed by atoms with van der Waals surface area (Å²) in [5.41, 5.74) is 0.496. The van der Waals surface area contributed by atoms with Crippen LogP contribution in [-0.2, 0) is 17.5 Å². The topological polar surface area (TPSA) is 163 Å². The van der Waals surface area contributed by atoms with E-state index < -0.39 is 23.7 Å². The lowest BCUT2D eigenvalue weighted by Crippen LogP contribution is -2.40. The Morgan fingerprint density at radius 2 is 1.83 bits per heavy atom. The van der Waals surface area contributed by atoms with Crippen LogP contribution < -0.4 is 21.7 Å². The summed E-state index contributed by atoms with van der Waals surface area (Å²) >= 11 is 0.895. The van der Waals surface area contributed by atoms with Crippen molar-refractivity contribution in [2.75, 3.05) is 51.3 Å². The van der Waals surface area contributed by atoms with Crippen LogP contribution >= 0.6 is 48.6 Å². The Balaban J connectivity index is 0.00000245. The molecule has 1 aliphatic rings. The number of pyridine rings is 2. The fourth-order valence-corrected chi connectivity index (χ4v) is 5.46. The summed E-state index contributed by atoms with van der Waals surface area (Å²) in [6.45, 7) is 6.07. The van der Waals surface area contributed by atoms with Crippen molar-refractivity contribution < 1.29 is 27.1 Å². The first-order valence-corrected chi connectivity index (χ1v) is 14.2. The Hall–Kier alpha value is -3.32. The number of H-pyrrole nitrogens is 1. The van der Waals surface area contributed by atoms with E-state index in [9.17, 15) is 22.8 Å². The van der Waals surface area contributed by atoms with Gasteiger partial charge < -0.3 is 19.8 Å². The van der Waals surface area contributed by atoms with Gasteiger partial charge in [-0.25, -0.2) is 24.7 Å². The molecular weight excluding hydrogens is 698 g/mol. The molecule has 4 aromatic rings. The van der Waals surface area contributed by atoms with Gasteiger partial charge >= 0.3 is 18.0 Å². The monoisotopic (exact) mass is 727 g/mol. The van der Waals surface area contributed by atoms with Crippen LogP contribution in [0.3, 0.4) is 0 Å². The zero-order valence-corrected chi connectivity index (χ0v) is 27.4. The van der Waals surface area contributed by atoms with Gasteiger partial charge in [0.1, 0.15) is 10.8 Å². The predicted octanol–water partition coefficient (Wildman–Crippen LogP) is 4.46. The number of carbonyl (C=O) groups excluding carboxylic acids is 1. The third-order valence-corrected chi connectivity index (χ3v) is 7.50. The third-order valence-electron chi connectivity index (χ3n) is 6.41. The van der Waals surface area contributed by atoms with E-state index in [1.165, 1.54) is 24.7 Å². The van der Waals surface area contributed by atoms with Gasteiger partial charge in [-0.2, -0.15) is 13.2 Å². The minimum atomic E-state index is -4.69. The summed E-state index contributed by atoms with van der Waals surface area (Å²) in [5.74, 6) is -0.652. The fourth-order valence-electron chi connectivity index (χ4n) is 4.38. The number of morpholine rings is 1. The Bertz CT molecular complexity index is 1630. The van der Waals surface area contributed by atoms with Crippen LogP contribution in [0.5, 0.6) is 0 Å². The molecule has 2 amide bonds. The number of urea groups is 1. The molecule has 0 aromatic carbocycles. The molecule has 252 valence electrons. The molecule has 1 fully saturated rings. The Morgan fingerprint density at radius 1 is 1.09 bits per heavy atom. The van der Waals surface area contributed by atoms with Gasteiger partial charge in [-0.05, 0) is 19.1 Å². The summed E-state index contributed by atoms with van der Waals surface area (Å²) < 4.78 is 52.8. The third kappa shape index (κ3) is 9.84. The van der Waals surface area contributed by atoms with Gasteiger partial charge in [0.25, 0.3) is 5.89 Å². The van der Waals surface area contributed by atoms with E-state index in [4.69, 9.17) is 9.15 Å². The number of alkyl halides is 3. The maximum absolute atomic E-state index is 14.1. The van der Waals surface area contributed by atoms with E-state index in [0.29, 0.717) is 55.1 Å². The van der Waals surface area contributed by atoms with Gasteiger partial charge in [-0.15, -0.1) is 53.7 Å². The minimum absolute atomic E-state index is 0. The average molecular weight is 729 g/mol. The van der Waals surface area contributed by atoms with Gasteiger partial charge in [0, 0.05) is 74.5 Å². The number of aromatic amines is 1. The number of nitrogens with one attached hydrogen (secondary N) is 4. The van der Waals surface area contributed by atoms with Crippen LogP contribution in [0.15, 0.2) is 39.9 Å². The highest BCUT2D eigenvalue weighted by Gasteiger charge is 2.37. The molecule has 13 nitrogen and oxygen atoms in total. The Kier molecular flexibility index (Phi) is 14.8. The lowest BCUT2D eigenvalue weighted by Gasteiger charge is -2.26. The van der Waals surface area contributed by atoms with E-state index in [1.807, 2.05) is 0 Å². The second-order valence-electron chi connectivity index (χ2n) is 9.40. The largest absolute Gasteiger partial charge is 0.434 e. The van der Waals surface area contributed by atoms with E-state index >= 15 is 0 Å². The summed E-state index contributed by atoms with van der Waals surface area (Å²) in [7, 11) is 0. The molecule has 0 radical (unpaired) electrons. The van der Waals surface area contributed by atoms with Crippen LogP contribution in [0.4, 0.5) is 23.8 Å². The number of halogens is 6. The number of anilines is 1. The molecule has 0 saturated carbocycles. The van der Waals surface area contributed by atoms with Crippen molar-refractivity contribution in [3.05, 3.63) is 51.8 Å². The SMILES string of the molecule is CCNC(=O)Nc1cc(-c2nc(C(F)(F)F)c(CNCCN3CCOCC3)s2)c(-c2cncc(-c3n[nH]c(=O)o3)c2)cn1.Cl.Cl.Cl. The van der Waals surface area contributed by atoms with Crippen molar-refractivity contribution in [1.29, 1.82) is 0 Å². The molecule has 0 atom stereocenters. The molecule has 20 heteroatoms. The van der Waals surface area contributed by atoms with Crippen molar-refractivity contribution in [2.45, 2.75) is 19.6 Å². The molecule has 1 saturated heterocycles. The molecule has 4 N–H and O–H groups in total. The molecule has 46 heavy (non-hydrogen) atoms. The van der Waals surface area contributed by atoms with Crippen molar-refractivity contribution in [3.63, 3.8) is 0 Å². The van der Waals surface area contributed by atoms with Crippen LogP contribution in [0, 0.1) is 0 Å². The van der Waals surface area contributed by atoms with E-state index in [2.05, 4.69) is 46.0 Å². The maximum Gasteiger partial charge on any atom is 0.434 e. The highest BCUT2D eigenvalue weighted by atomic mass is 35.5. The van der Waals surface area contributed by atoms with Gasteiger partial charge in [-0.1, -0.05) is 0 Å². The highest BCUT2D eigenvalue weighted by molar-refractivity contribution is 7.15. The van der Waals surface area contributed by atoms with E-state index in [-0.39, 0.29) is 65.4 Å². The van der Waals surface area contributed by atoms with Crippen molar-refractivity contribution in [3.8, 4) is 33.2 Å². The lowest BCUT2D eigenvalue weighted by molar-refractivity contribution is -0.141. The molecular formula is C26H31Cl3F3N9O4S. The molecule has 5 heterocycles. The van der Waals surface area contributed by atoms with Crippen molar-refractivity contribution in [2.24, 2.45) is 0 Å². The molecule has 0 spiro atoms. The van der Waals surface area contributed by atoms with Crippen LogP contribution in [-0.4, -0.2) is 82.0 Å². The average Bonchev–Trinajstić information content (AvgIpc) is 3.63.